The molecular weight excluding hydrogens is 433 g/mol. The highest BCUT2D eigenvalue weighted by Gasteiger charge is 2.36. The zero-order chi connectivity index (χ0) is 22.4. The predicted octanol–water partition coefficient (Wildman–Crippen LogP) is 5.44. The summed E-state index contributed by atoms with van der Waals surface area (Å²) in [6, 6.07) is 8.71. The second-order valence-electron chi connectivity index (χ2n) is 9.32. The molecule has 0 aromatic heterocycles. The number of rotatable bonds is 5. The van der Waals surface area contributed by atoms with Gasteiger partial charge in [-0.05, 0) is 59.6 Å². The molecule has 2 aliphatic rings. The number of hydrogen-bond donors (Lipinski definition) is 1. The van der Waals surface area contributed by atoms with Crippen molar-refractivity contribution in [1.82, 2.24) is 4.72 Å². The van der Waals surface area contributed by atoms with Crippen molar-refractivity contribution >= 4 is 21.8 Å². The lowest BCUT2D eigenvalue weighted by Crippen LogP contribution is -2.33. The van der Waals surface area contributed by atoms with E-state index < -0.39 is 10.0 Å². The molecule has 7 heteroatoms. The Bertz CT molecular complexity index is 1090. The van der Waals surface area contributed by atoms with E-state index >= 15 is 0 Å². The Hall–Kier alpha value is -1.41. The Morgan fingerprint density at radius 1 is 1.13 bits per heavy atom. The number of hydrogen-bond acceptors (Lipinski definition) is 4. The van der Waals surface area contributed by atoms with Gasteiger partial charge in [0.2, 0.25) is 10.0 Å². The minimum Gasteiger partial charge on any atom is -0.381 e. The second-order valence-corrected chi connectivity index (χ2v) is 12.1. The zero-order valence-electron chi connectivity index (χ0n) is 18.5. The van der Waals surface area contributed by atoms with Gasteiger partial charge in [-0.1, -0.05) is 51.6 Å². The van der Waals surface area contributed by atoms with Gasteiger partial charge in [0.1, 0.15) is 5.82 Å². The first-order valence-corrected chi connectivity index (χ1v) is 13.1. The van der Waals surface area contributed by atoms with Crippen molar-refractivity contribution in [2.45, 2.75) is 66.6 Å². The molecule has 0 atom stereocenters. The van der Waals surface area contributed by atoms with Gasteiger partial charge < -0.3 is 4.74 Å². The molecule has 0 unspecified atom stereocenters. The molecule has 2 aromatic rings. The van der Waals surface area contributed by atoms with Crippen molar-refractivity contribution in [3.63, 3.8) is 0 Å². The third kappa shape index (κ3) is 4.42. The standard InChI is InChI=1S/C24H30FNO3S2/c1-15(2)18-12-20-22(30-21-11-17(25)5-6-19(21)24(20,3)4)13-23(18)31(27,28)26-14-16-7-9-29-10-8-16/h5-6,11-13,15-16,26H,7-10,14H2,1-4H3. The van der Waals surface area contributed by atoms with Gasteiger partial charge in [-0.25, -0.2) is 17.5 Å². The number of sulfonamides is 1. The number of nitrogens with one attached hydrogen (secondary N) is 1. The molecular formula is C24H30FNO3S2. The Balaban J connectivity index is 1.74. The van der Waals surface area contributed by atoms with Crippen LogP contribution in [0.25, 0.3) is 0 Å². The van der Waals surface area contributed by atoms with Crippen LogP contribution in [0.3, 0.4) is 0 Å². The van der Waals surface area contributed by atoms with E-state index in [1.54, 1.807) is 12.1 Å². The van der Waals surface area contributed by atoms with Gasteiger partial charge in [0.05, 0.1) is 4.90 Å². The molecule has 4 rings (SSSR count). The van der Waals surface area contributed by atoms with Gasteiger partial charge in [-0.15, -0.1) is 0 Å². The summed E-state index contributed by atoms with van der Waals surface area (Å²) >= 11 is 1.45. The van der Waals surface area contributed by atoms with Crippen LogP contribution in [-0.4, -0.2) is 28.2 Å². The van der Waals surface area contributed by atoms with E-state index in [1.165, 1.54) is 17.8 Å². The molecule has 0 bridgehead atoms. The fourth-order valence-corrected chi connectivity index (χ4v) is 7.46. The van der Waals surface area contributed by atoms with Crippen molar-refractivity contribution in [1.29, 1.82) is 0 Å². The van der Waals surface area contributed by atoms with Gasteiger partial charge in [0, 0.05) is 35.0 Å². The van der Waals surface area contributed by atoms with E-state index in [2.05, 4.69) is 18.6 Å². The van der Waals surface area contributed by atoms with Gasteiger partial charge in [-0.2, -0.15) is 0 Å². The van der Waals surface area contributed by atoms with Crippen molar-refractivity contribution in [2.24, 2.45) is 5.92 Å². The topological polar surface area (TPSA) is 55.4 Å². The number of fused-ring (bicyclic) bond motifs is 2. The van der Waals surface area contributed by atoms with Crippen molar-refractivity contribution in [3.05, 3.63) is 52.8 Å². The predicted molar refractivity (Wildman–Crippen MR) is 122 cm³/mol. The molecule has 2 aliphatic heterocycles. The van der Waals surface area contributed by atoms with Gasteiger partial charge in [-0.3, -0.25) is 0 Å². The van der Waals surface area contributed by atoms with Crippen LogP contribution in [0, 0.1) is 11.7 Å². The van der Waals surface area contributed by atoms with E-state index in [4.69, 9.17) is 4.74 Å². The van der Waals surface area contributed by atoms with Crippen LogP contribution in [0.4, 0.5) is 4.39 Å². The third-order valence-corrected chi connectivity index (χ3v) is 9.03. The highest BCUT2D eigenvalue weighted by molar-refractivity contribution is 7.99. The van der Waals surface area contributed by atoms with E-state index in [0.29, 0.717) is 30.6 Å². The summed E-state index contributed by atoms with van der Waals surface area (Å²) in [5.74, 6) is 0.0671. The molecule has 4 nitrogen and oxygen atoms in total. The average Bonchev–Trinajstić information content (AvgIpc) is 2.72. The molecule has 0 saturated carbocycles. The van der Waals surface area contributed by atoms with Crippen LogP contribution >= 0.6 is 11.8 Å². The summed E-state index contributed by atoms with van der Waals surface area (Å²) in [6.07, 6.45) is 1.74. The Morgan fingerprint density at radius 2 is 1.81 bits per heavy atom. The number of benzene rings is 2. The molecule has 1 saturated heterocycles. The van der Waals surface area contributed by atoms with Crippen LogP contribution in [0.1, 0.15) is 63.1 Å². The summed E-state index contributed by atoms with van der Waals surface area (Å²) in [7, 11) is -3.67. The molecule has 2 aromatic carbocycles. The van der Waals surface area contributed by atoms with Gasteiger partial charge in [0.15, 0.2) is 0 Å². The van der Waals surface area contributed by atoms with Crippen molar-refractivity contribution in [2.75, 3.05) is 19.8 Å². The summed E-state index contributed by atoms with van der Waals surface area (Å²) in [5.41, 5.74) is 2.63. The normalized spacial score (nSPS) is 18.6. The van der Waals surface area contributed by atoms with Crippen molar-refractivity contribution in [3.8, 4) is 0 Å². The number of halogens is 1. The van der Waals surface area contributed by atoms with Gasteiger partial charge >= 0.3 is 0 Å². The maximum Gasteiger partial charge on any atom is 0.240 e. The molecule has 0 spiro atoms. The summed E-state index contributed by atoms with van der Waals surface area (Å²) in [6.45, 7) is 10.1. The van der Waals surface area contributed by atoms with E-state index in [1.807, 2.05) is 26.0 Å². The molecule has 0 amide bonds. The molecule has 0 radical (unpaired) electrons. The van der Waals surface area contributed by atoms with Crippen LogP contribution < -0.4 is 4.72 Å². The van der Waals surface area contributed by atoms with Crippen molar-refractivity contribution < 1.29 is 17.5 Å². The smallest absolute Gasteiger partial charge is 0.240 e. The van der Waals surface area contributed by atoms with E-state index in [0.717, 1.165) is 39.3 Å². The minimum atomic E-state index is -3.67. The lowest BCUT2D eigenvalue weighted by Gasteiger charge is -2.35. The summed E-state index contributed by atoms with van der Waals surface area (Å²) in [4.78, 5) is 2.05. The number of ether oxygens (including phenoxy) is 1. The molecule has 31 heavy (non-hydrogen) atoms. The summed E-state index contributed by atoms with van der Waals surface area (Å²) in [5, 5.41) is 0. The van der Waals surface area contributed by atoms with E-state index in [-0.39, 0.29) is 17.2 Å². The first-order chi connectivity index (χ1) is 14.6. The quantitative estimate of drug-likeness (QED) is 0.641. The highest BCUT2D eigenvalue weighted by Crippen LogP contribution is 2.50. The Morgan fingerprint density at radius 3 is 2.48 bits per heavy atom. The van der Waals surface area contributed by atoms with Crippen LogP contribution in [0.15, 0.2) is 45.0 Å². The first-order valence-electron chi connectivity index (χ1n) is 10.8. The van der Waals surface area contributed by atoms with Crippen LogP contribution in [0.2, 0.25) is 0 Å². The Labute approximate surface area is 189 Å². The van der Waals surface area contributed by atoms with Gasteiger partial charge in [0.25, 0.3) is 0 Å². The molecule has 0 aliphatic carbocycles. The molecule has 1 N–H and O–H groups in total. The second kappa shape index (κ2) is 8.50. The first kappa shape index (κ1) is 22.8. The van der Waals surface area contributed by atoms with Crippen LogP contribution in [-0.2, 0) is 20.2 Å². The third-order valence-electron chi connectivity index (χ3n) is 6.44. The highest BCUT2D eigenvalue weighted by atomic mass is 32.2. The zero-order valence-corrected chi connectivity index (χ0v) is 20.1. The maximum absolute atomic E-state index is 13.9. The molecule has 2 heterocycles. The SMILES string of the molecule is CC(C)c1cc2c(cc1S(=O)(=O)NCC1CCOCC1)Sc1cc(F)ccc1C2(C)C. The fraction of sp³-hybridized carbons (Fsp3) is 0.500. The fourth-order valence-electron chi connectivity index (χ4n) is 4.45. The average molecular weight is 464 g/mol. The lowest BCUT2D eigenvalue weighted by molar-refractivity contribution is 0.0678. The maximum atomic E-state index is 13.9. The van der Waals surface area contributed by atoms with E-state index in [9.17, 15) is 12.8 Å². The van der Waals surface area contributed by atoms with Crippen LogP contribution in [0.5, 0.6) is 0 Å². The largest absolute Gasteiger partial charge is 0.381 e. The summed E-state index contributed by atoms with van der Waals surface area (Å²) < 4.78 is 48.8. The molecule has 168 valence electrons. The monoisotopic (exact) mass is 463 g/mol. The minimum absolute atomic E-state index is 0.0513. The molecule has 1 fully saturated rings. The lowest BCUT2D eigenvalue weighted by atomic mass is 9.76. The Kier molecular flexibility index (Phi) is 6.25.